The lowest BCUT2D eigenvalue weighted by Gasteiger charge is -2.28. The largest absolute Gasteiger partial charge is 0.385 e. The lowest BCUT2D eigenvalue weighted by Crippen LogP contribution is -2.33. The molecule has 0 saturated carbocycles. The van der Waals surface area contributed by atoms with E-state index in [4.69, 9.17) is 4.74 Å². The Morgan fingerprint density at radius 3 is 2.64 bits per heavy atom. The maximum absolute atomic E-state index is 12.1. The number of rotatable bonds is 6. The SMILES string of the molecule is COCCCN(C)C(=O)Nc1ccc(N2CCSCC2)cc1. The number of amides is 2. The number of ether oxygens (including phenoxy) is 1. The summed E-state index contributed by atoms with van der Waals surface area (Å²) in [6, 6.07) is 8.02. The third-order valence-electron chi connectivity index (χ3n) is 3.68. The van der Waals surface area contributed by atoms with Crippen molar-refractivity contribution >= 4 is 29.2 Å². The first-order chi connectivity index (χ1) is 10.7. The van der Waals surface area contributed by atoms with Crippen LogP contribution < -0.4 is 10.2 Å². The van der Waals surface area contributed by atoms with E-state index in [1.165, 1.54) is 17.2 Å². The van der Waals surface area contributed by atoms with E-state index in [9.17, 15) is 4.79 Å². The standard InChI is InChI=1S/C16H25N3O2S/c1-18(8-3-11-21-2)16(20)17-14-4-6-15(7-5-14)19-9-12-22-13-10-19/h4-7H,3,8-13H2,1-2H3,(H,17,20). The van der Waals surface area contributed by atoms with Crippen molar-refractivity contribution in [2.45, 2.75) is 6.42 Å². The number of carbonyl (C=O) groups is 1. The Hall–Kier alpha value is -1.40. The molecular formula is C16H25N3O2S. The Balaban J connectivity index is 1.83. The molecule has 0 radical (unpaired) electrons. The molecule has 0 aromatic heterocycles. The van der Waals surface area contributed by atoms with Gasteiger partial charge in [-0.15, -0.1) is 0 Å². The average molecular weight is 323 g/mol. The third kappa shape index (κ3) is 5.10. The summed E-state index contributed by atoms with van der Waals surface area (Å²) in [6.07, 6.45) is 0.840. The maximum Gasteiger partial charge on any atom is 0.321 e. The number of benzene rings is 1. The van der Waals surface area contributed by atoms with Crippen LogP contribution in [-0.4, -0.2) is 62.8 Å². The molecule has 1 aromatic rings. The van der Waals surface area contributed by atoms with E-state index in [2.05, 4.69) is 22.3 Å². The third-order valence-corrected chi connectivity index (χ3v) is 4.63. The molecule has 0 spiro atoms. The molecular weight excluding hydrogens is 298 g/mol. The zero-order valence-corrected chi connectivity index (χ0v) is 14.2. The normalized spacial score (nSPS) is 14.7. The molecule has 22 heavy (non-hydrogen) atoms. The molecule has 2 amide bonds. The summed E-state index contributed by atoms with van der Waals surface area (Å²) in [7, 11) is 3.47. The first kappa shape index (κ1) is 17.0. The van der Waals surface area contributed by atoms with Crippen LogP contribution in [-0.2, 0) is 4.74 Å². The van der Waals surface area contributed by atoms with E-state index in [1.807, 2.05) is 23.9 Å². The van der Waals surface area contributed by atoms with Gasteiger partial charge in [-0.25, -0.2) is 4.79 Å². The number of carbonyl (C=O) groups excluding carboxylic acids is 1. The minimum atomic E-state index is -0.0850. The number of hydrogen-bond acceptors (Lipinski definition) is 4. The van der Waals surface area contributed by atoms with E-state index in [1.54, 1.807) is 19.1 Å². The Kier molecular flexibility index (Phi) is 6.86. The van der Waals surface area contributed by atoms with Crippen molar-refractivity contribution in [1.82, 2.24) is 4.90 Å². The van der Waals surface area contributed by atoms with Gasteiger partial charge in [0.25, 0.3) is 0 Å². The Morgan fingerprint density at radius 1 is 1.32 bits per heavy atom. The average Bonchev–Trinajstić information content (AvgIpc) is 2.56. The second-order valence-corrected chi connectivity index (χ2v) is 6.57. The van der Waals surface area contributed by atoms with Gasteiger partial charge in [0.15, 0.2) is 0 Å². The van der Waals surface area contributed by atoms with Crippen LogP contribution in [0, 0.1) is 0 Å². The van der Waals surface area contributed by atoms with Crippen LogP contribution >= 0.6 is 11.8 Å². The van der Waals surface area contributed by atoms with Gasteiger partial charge in [-0.3, -0.25) is 0 Å². The fourth-order valence-electron chi connectivity index (χ4n) is 2.34. The van der Waals surface area contributed by atoms with Crippen molar-refractivity contribution in [3.05, 3.63) is 24.3 Å². The van der Waals surface area contributed by atoms with Gasteiger partial charge in [-0.2, -0.15) is 11.8 Å². The van der Waals surface area contributed by atoms with Crippen LogP contribution in [0.3, 0.4) is 0 Å². The van der Waals surface area contributed by atoms with Crippen LogP contribution in [0.25, 0.3) is 0 Å². The predicted octanol–water partition coefficient (Wildman–Crippen LogP) is 2.74. The Labute approximate surface area is 137 Å². The molecule has 0 unspecified atom stereocenters. The minimum absolute atomic E-state index is 0.0850. The van der Waals surface area contributed by atoms with Crippen molar-refractivity contribution in [3.8, 4) is 0 Å². The maximum atomic E-state index is 12.1. The van der Waals surface area contributed by atoms with Crippen LogP contribution in [0.5, 0.6) is 0 Å². The van der Waals surface area contributed by atoms with Gasteiger partial charge in [-0.1, -0.05) is 0 Å². The molecule has 0 aliphatic carbocycles. The van der Waals surface area contributed by atoms with Gasteiger partial charge in [0, 0.05) is 63.3 Å². The highest BCUT2D eigenvalue weighted by Crippen LogP contribution is 2.21. The van der Waals surface area contributed by atoms with Crippen LogP contribution in [0.4, 0.5) is 16.2 Å². The molecule has 1 saturated heterocycles. The first-order valence-corrected chi connectivity index (χ1v) is 8.80. The molecule has 0 atom stereocenters. The zero-order chi connectivity index (χ0) is 15.8. The van der Waals surface area contributed by atoms with Gasteiger partial charge in [0.2, 0.25) is 0 Å². The summed E-state index contributed by atoms with van der Waals surface area (Å²) in [4.78, 5) is 16.1. The van der Waals surface area contributed by atoms with Gasteiger partial charge in [0.05, 0.1) is 0 Å². The fourth-order valence-corrected chi connectivity index (χ4v) is 3.25. The summed E-state index contributed by atoms with van der Waals surface area (Å²) < 4.78 is 5.00. The van der Waals surface area contributed by atoms with Crippen molar-refractivity contribution in [3.63, 3.8) is 0 Å². The van der Waals surface area contributed by atoms with Gasteiger partial charge in [0.1, 0.15) is 0 Å². The molecule has 0 bridgehead atoms. The highest BCUT2D eigenvalue weighted by molar-refractivity contribution is 7.99. The highest BCUT2D eigenvalue weighted by Gasteiger charge is 2.12. The summed E-state index contributed by atoms with van der Waals surface area (Å²) in [5.74, 6) is 2.37. The molecule has 1 fully saturated rings. The van der Waals surface area contributed by atoms with Crippen molar-refractivity contribution < 1.29 is 9.53 Å². The zero-order valence-electron chi connectivity index (χ0n) is 13.4. The smallest absolute Gasteiger partial charge is 0.321 e. The number of nitrogens with zero attached hydrogens (tertiary/aromatic N) is 2. The monoisotopic (exact) mass is 323 g/mol. The van der Waals surface area contributed by atoms with Gasteiger partial charge >= 0.3 is 6.03 Å². The van der Waals surface area contributed by atoms with Crippen molar-refractivity contribution in [2.75, 3.05) is 62.1 Å². The first-order valence-electron chi connectivity index (χ1n) is 7.64. The van der Waals surface area contributed by atoms with Crippen LogP contribution in [0.2, 0.25) is 0 Å². The van der Waals surface area contributed by atoms with Crippen molar-refractivity contribution in [1.29, 1.82) is 0 Å². The Morgan fingerprint density at radius 2 is 2.00 bits per heavy atom. The fraction of sp³-hybridized carbons (Fsp3) is 0.562. The molecule has 1 aromatic carbocycles. The molecule has 1 N–H and O–H groups in total. The molecule has 122 valence electrons. The number of thioether (sulfide) groups is 1. The molecule has 6 heteroatoms. The second-order valence-electron chi connectivity index (χ2n) is 5.34. The molecule has 1 heterocycles. The van der Waals surface area contributed by atoms with E-state index < -0.39 is 0 Å². The molecule has 5 nitrogen and oxygen atoms in total. The highest BCUT2D eigenvalue weighted by atomic mass is 32.2. The minimum Gasteiger partial charge on any atom is -0.385 e. The lowest BCUT2D eigenvalue weighted by atomic mass is 10.2. The van der Waals surface area contributed by atoms with Gasteiger partial charge in [-0.05, 0) is 30.7 Å². The van der Waals surface area contributed by atoms with Crippen LogP contribution in [0.15, 0.2) is 24.3 Å². The van der Waals surface area contributed by atoms with E-state index in [0.29, 0.717) is 13.2 Å². The molecule has 2 rings (SSSR count). The summed E-state index contributed by atoms with van der Waals surface area (Å²) in [5, 5.41) is 2.92. The molecule has 1 aliphatic rings. The summed E-state index contributed by atoms with van der Waals surface area (Å²) in [6.45, 7) is 3.54. The second kappa shape index (κ2) is 8.90. The number of anilines is 2. The number of hydrogen-bond donors (Lipinski definition) is 1. The van der Waals surface area contributed by atoms with Gasteiger partial charge < -0.3 is 19.9 Å². The predicted molar refractivity (Wildman–Crippen MR) is 94.1 cm³/mol. The summed E-state index contributed by atoms with van der Waals surface area (Å²) >= 11 is 2.00. The van der Waals surface area contributed by atoms with Crippen LogP contribution in [0.1, 0.15) is 6.42 Å². The quantitative estimate of drug-likeness (QED) is 0.818. The van der Waals surface area contributed by atoms with Crippen molar-refractivity contribution in [2.24, 2.45) is 0 Å². The lowest BCUT2D eigenvalue weighted by molar-refractivity contribution is 0.179. The number of methoxy groups -OCH3 is 1. The Bertz CT molecular complexity index is 461. The van der Waals surface area contributed by atoms with E-state index in [-0.39, 0.29) is 6.03 Å². The number of urea groups is 1. The van der Waals surface area contributed by atoms with E-state index in [0.717, 1.165) is 25.2 Å². The molecule has 1 aliphatic heterocycles. The number of nitrogens with one attached hydrogen (secondary N) is 1. The topological polar surface area (TPSA) is 44.8 Å². The van der Waals surface area contributed by atoms with E-state index >= 15 is 0 Å². The summed E-state index contributed by atoms with van der Waals surface area (Å²) in [5.41, 5.74) is 2.06.